The van der Waals surface area contributed by atoms with Crippen molar-refractivity contribution >= 4 is 35.2 Å². The summed E-state index contributed by atoms with van der Waals surface area (Å²) in [4.78, 5) is 29.1. The van der Waals surface area contributed by atoms with Gasteiger partial charge in [-0.25, -0.2) is 0 Å². The molecule has 2 amide bonds. The van der Waals surface area contributed by atoms with E-state index in [1.165, 1.54) is 0 Å². The maximum Gasteiger partial charge on any atom is 0.243 e. The van der Waals surface area contributed by atoms with E-state index in [0.717, 1.165) is 34.8 Å². The molecule has 2 aromatic rings. The summed E-state index contributed by atoms with van der Waals surface area (Å²) in [6.45, 7) is 6.35. The molecule has 0 radical (unpaired) electrons. The van der Waals surface area contributed by atoms with Crippen molar-refractivity contribution < 1.29 is 14.3 Å². The summed E-state index contributed by atoms with van der Waals surface area (Å²) in [5.74, 6) is 1.48. The molecule has 2 atom stereocenters. The van der Waals surface area contributed by atoms with Gasteiger partial charge in [0.1, 0.15) is 11.8 Å². The Bertz CT molecular complexity index is 874. The lowest BCUT2D eigenvalue weighted by atomic mass is 10.1. The molecule has 2 rings (SSSR count). The molecule has 0 saturated carbocycles. The number of nitrogens with zero attached hydrogens (tertiary/aromatic N) is 1. The fourth-order valence-corrected chi connectivity index (χ4v) is 4.35. The van der Waals surface area contributed by atoms with E-state index in [1.807, 2.05) is 69.3 Å². The molecule has 180 valence electrons. The zero-order chi connectivity index (χ0) is 24.2. The number of benzene rings is 2. The second-order valence-electron chi connectivity index (χ2n) is 8.02. The van der Waals surface area contributed by atoms with Crippen molar-refractivity contribution in [3.63, 3.8) is 0 Å². The van der Waals surface area contributed by atoms with E-state index in [-0.39, 0.29) is 17.9 Å². The van der Waals surface area contributed by atoms with Gasteiger partial charge in [0.05, 0.1) is 7.11 Å². The highest BCUT2D eigenvalue weighted by atomic mass is 35.5. The lowest BCUT2D eigenvalue weighted by Gasteiger charge is -2.31. The molecule has 2 aromatic carbocycles. The maximum absolute atomic E-state index is 13.3. The standard InChI is InChI=1S/C26H35ClN2O3S/c1-5-19(3)28-26(31)24(6-2)29(18-20-9-13-22(32-4)14-10-20)25(30)8-7-17-33-23-15-11-21(27)12-16-23/h9-16,19,24H,5-8,17-18H2,1-4H3,(H,28,31)/t19-,24-/m0/s1. The van der Waals surface area contributed by atoms with Crippen LogP contribution in [-0.2, 0) is 16.1 Å². The van der Waals surface area contributed by atoms with Crippen LogP contribution in [0.2, 0.25) is 5.02 Å². The van der Waals surface area contributed by atoms with Crippen LogP contribution in [0.25, 0.3) is 0 Å². The van der Waals surface area contributed by atoms with Gasteiger partial charge in [0.15, 0.2) is 0 Å². The van der Waals surface area contributed by atoms with Gasteiger partial charge in [-0.15, -0.1) is 11.8 Å². The molecule has 0 fully saturated rings. The number of thioether (sulfide) groups is 1. The van der Waals surface area contributed by atoms with Crippen molar-refractivity contribution in [2.45, 2.75) is 70.0 Å². The second-order valence-corrected chi connectivity index (χ2v) is 9.62. The van der Waals surface area contributed by atoms with Gasteiger partial charge in [0, 0.05) is 28.9 Å². The minimum Gasteiger partial charge on any atom is -0.497 e. The van der Waals surface area contributed by atoms with Crippen LogP contribution in [0.1, 0.15) is 52.0 Å². The molecule has 0 unspecified atom stereocenters. The maximum atomic E-state index is 13.3. The number of hydrogen-bond donors (Lipinski definition) is 1. The third-order valence-corrected chi connectivity index (χ3v) is 6.87. The fourth-order valence-electron chi connectivity index (χ4n) is 3.38. The number of carbonyl (C=O) groups excluding carboxylic acids is 2. The number of nitrogens with one attached hydrogen (secondary N) is 1. The molecule has 1 N–H and O–H groups in total. The van der Waals surface area contributed by atoms with Crippen LogP contribution in [0.3, 0.4) is 0 Å². The first-order valence-electron chi connectivity index (χ1n) is 11.5. The largest absolute Gasteiger partial charge is 0.497 e. The third kappa shape index (κ3) is 8.94. The Morgan fingerprint density at radius 3 is 2.30 bits per heavy atom. The SMILES string of the molecule is CC[C@H](C)NC(=O)[C@H](CC)N(Cc1ccc(OC)cc1)C(=O)CCCSc1ccc(Cl)cc1. The lowest BCUT2D eigenvalue weighted by molar-refractivity contribution is -0.141. The average molecular weight is 491 g/mol. The molecule has 0 aromatic heterocycles. The molecule has 5 nitrogen and oxygen atoms in total. The van der Waals surface area contributed by atoms with Crippen molar-refractivity contribution in [3.8, 4) is 5.75 Å². The Morgan fingerprint density at radius 2 is 1.73 bits per heavy atom. The van der Waals surface area contributed by atoms with Crippen LogP contribution >= 0.6 is 23.4 Å². The van der Waals surface area contributed by atoms with E-state index < -0.39 is 6.04 Å². The highest BCUT2D eigenvalue weighted by Gasteiger charge is 2.28. The van der Waals surface area contributed by atoms with Gasteiger partial charge in [-0.3, -0.25) is 9.59 Å². The Balaban J connectivity index is 2.07. The minimum atomic E-state index is -0.502. The second kappa shape index (κ2) is 14.2. The summed E-state index contributed by atoms with van der Waals surface area (Å²) in [7, 11) is 1.62. The zero-order valence-corrected chi connectivity index (χ0v) is 21.5. The minimum absolute atomic E-state index is 0.00586. The van der Waals surface area contributed by atoms with Gasteiger partial charge in [-0.1, -0.05) is 37.6 Å². The third-order valence-electron chi connectivity index (χ3n) is 5.52. The number of ether oxygens (including phenoxy) is 1. The van der Waals surface area contributed by atoms with Gasteiger partial charge in [0.2, 0.25) is 11.8 Å². The Morgan fingerprint density at radius 1 is 1.06 bits per heavy atom. The quantitative estimate of drug-likeness (QED) is 0.278. The smallest absolute Gasteiger partial charge is 0.243 e. The molecule has 7 heteroatoms. The Hall–Kier alpha value is -2.18. The molecule has 0 aliphatic rings. The highest BCUT2D eigenvalue weighted by molar-refractivity contribution is 7.99. The summed E-state index contributed by atoms with van der Waals surface area (Å²) in [5, 5.41) is 3.76. The van der Waals surface area contributed by atoms with E-state index in [0.29, 0.717) is 24.4 Å². The van der Waals surface area contributed by atoms with Crippen molar-refractivity contribution in [2.24, 2.45) is 0 Å². The van der Waals surface area contributed by atoms with Gasteiger partial charge >= 0.3 is 0 Å². The van der Waals surface area contributed by atoms with E-state index >= 15 is 0 Å². The summed E-state index contributed by atoms with van der Waals surface area (Å²) >= 11 is 7.64. The fraction of sp³-hybridized carbons (Fsp3) is 0.462. The predicted molar refractivity (Wildman–Crippen MR) is 137 cm³/mol. The van der Waals surface area contributed by atoms with Gasteiger partial charge < -0.3 is 15.0 Å². The topological polar surface area (TPSA) is 58.6 Å². The summed E-state index contributed by atoms with van der Waals surface area (Å²) in [6, 6.07) is 14.9. The number of halogens is 1. The monoisotopic (exact) mass is 490 g/mol. The van der Waals surface area contributed by atoms with Gasteiger partial charge in [-0.05, 0) is 73.9 Å². The van der Waals surface area contributed by atoms with Crippen molar-refractivity contribution in [2.75, 3.05) is 12.9 Å². The van der Waals surface area contributed by atoms with Gasteiger partial charge in [-0.2, -0.15) is 0 Å². The van der Waals surface area contributed by atoms with Crippen LogP contribution in [0, 0.1) is 0 Å². The van der Waals surface area contributed by atoms with Crippen LogP contribution in [-0.4, -0.2) is 41.7 Å². The molecule has 0 spiro atoms. The molecule has 0 aliphatic heterocycles. The molecule has 33 heavy (non-hydrogen) atoms. The molecule has 0 aliphatic carbocycles. The van der Waals surface area contributed by atoms with E-state index in [4.69, 9.17) is 16.3 Å². The van der Waals surface area contributed by atoms with Crippen LogP contribution < -0.4 is 10.1 Å². The molecule has 0 bridgehead atoms. The zero-order valence-electron chi connectivity index (χ0n) is 20.0. The number of carbonyl (C=O) groups is 2. The van der Waals surface area contributed by atoms with Crippen LogP contribution in [0.5, 0.6) is 5.75 Å². The molecular formula is C26H35ClN2O3S. The van der Waals surface area contributed by atoms with E-state index in [9.17, 15) is 9.59 Å². The molecule has 0 saturated heterocycles. The molecule has 0 heterocycles. The van der Waals surface area contributed by atoms with Crippen molar-refractivity contribution in [1.29, 1.82) is 0 Å². The van der Waals surface area contributed by atoms with E-state index in [1.54, 1.807) is 23.8 Å². The number of rotatable bonds is 13. The first kappa shape index (κ1) is 27.1. The van der Waals surface area contributed by atoms with Crippen molar-refractivity contribution in [1.82, 2.24) is 10.2 Å². The summed E-state index contributed by atoms with van der Waals surface area (Å²) in [5.41, 5.74) is 0.967. The Kier molecular flexibility index (Phi) is 11.6. The number of amides is 2. The summed E-state index contributed by atoms with van der Waals surface area (Å²) in [6.07, 6.45) is 2.53. The van der Waals surface area contributed by atoms with Gasteiger partial charge in [0.25, 0.3) is 0 Å². The van der Waals surface area contributed by atoms with Crippen LogP contribution in [0.15, 0.2) is 53.4 Å². The average Bonchev–Trinajstić information content (AvgIpc) is 2.82. The normalized spacial score (nSPS) is 12.6. The number of methoxy groups -OCH3 is 1. The summed E-state index contributed by atoms with van der Waals surface area (Å²) < 4.78 is 5.24. The predicted octanol–water partition coefficient (Wildman–Crippen LogP) is 5.94. The van der Waals surface area contributed by atoms with E-state index in [2.05, 4.69) is 5.32 Å². The van der Waals surface area contributed by atoms with Crippen LogP contribution in [0.4, 0.5) is 0 Å². The number of hydrogen-bond acceptors (Lipinski definition) is 4. The molecular weight excluding hydrogens is 456 g/mol. The Labute approximate surface area is 207 Å². The first-order valence-corrected chi connectivity index (χ1v) is 12.8. The first-order chi connectivity index (χ1) is 15.9. The lowest BCUT2D eigenvalue weighted by Crippen LogP contribution is -2.50. The highest BCUT2D eigenvalue weighted by Crippen LogP contribution is 2.22. The van der Waals surface area contributed by atoms with Crippen molar-refractivity contribution in [3.05, 3.63) is 59.1 Å².